The van der Waals surface area contributed by atoms with Crippen LogP contribution in [0.15, 0.2) is 0 Å². The molecule has 0 aromatic rings. The lowest BCUT2D eigenvalue weighted by Crippen LogP contribution is -2.32. The van der Waals surface area contributed by atoms with Crippen molar-refractivity contribution in [3.05, 3.63) is 0 Å². The molecule has 1 saturated heterocycles. The maximum atomic E-state index is 5.88. The molecule has 1 unspecified atom stereocenters. The molecule has 0 spiro atoms. The highest BCUT2D eigenvalue weighted by Gasteiger charge is 2.23. The van der Waals surface area contributed by atoms with E-state index >= 15 is 0 Å². The van der Waals surface area contributed by atoms with Gasteiger partial charge in [0.2, 0.25) is 0 Å². The van der Waals surface area contributed by atoms with E-state index in [4.69, 9.17) is 9.16 Å². The van der Waals surface area contributed by atoms with Gasteiger partial charge >= 0.3 is 0 Å². The van der Waals surface area contributed by atoms with Crippen LogP contribution in [0.2, 0.25) is 19.1 Å². The van der Waals surface area contributed by atoms with Gasteiger partial charge in [0.15, 0.2) is 8.32 Å². The first-order valence-electron chi connectivity index (χ1n) is 4.89. The average Bonchev–Trinajstić information content (AvgIpc) is 2.53. The van der Waals surface area contributed by atoms with Crippen LogP contribution in [-0.2, 0) is 9.16 Å². The van der Waals surface area contributed by atoms with Crippen molar-refractivity contribution in [1.29, 1.82) is 0 Å². The van der Waals surface area contributed by atoms with Crippen LogP contribution < -0.4 is 0 Å². The molecule has 0 aromatic carbocycles. The monoisotopic (exact) mass is 188 g/mol. The van der Waals surface area contributed by atoms with Gasteiger partial charge in [-0.15, -0.1) is 0 Å². The predicted octanol–water partition coefficient (Wildman–Crippen LogP) is 2.41. The fourth-order valence-electron chi connectivity index (χ4n) is 1.20. The van der Waals surface area contributed by atoms with Gasteiger partial charge in [-0.25, -0.2) is 0 Å². The molecule has 0 saturated carbocycles. The van der Waals surface area contributed by atoms with E-state index in [1.165, 1.54) is 18.9 Å². The van der Waals surface area contributed by atoms with Crippen molar-refractivity contribution in [2.45, 2.75) is 45.0 Å². The molecule has 1 aliphatic heterocycles. The third-order valence-electron chi connectivity index (χ3n) is 2.54. The van der Waals surface area contributed by atoms with Crippen LogP contribution >= 0.6 is 0 Å². The van der Waals surface area contributed by atoms with Gasteiger partial charge in [0, 0.05) is 6.61 Å². The van der Waals surface area contributed by atoms with Crippen molar-refractivity contribution in [3.8, 4) is 0 Å². The van der Waals surface area contributed by atoms with Gasteiger partial charge in [-0.1, -0.05) is 6.92 Å². The Hall–Kier alpha value is 0.137. The highest BCUT2D eigenvalue weighted by atomic mass is 28.4. The zero-order chi connectivity index (χ0) is 9.03. The Morgan fingerprint density at radius 2 is 2.25 bits per heavy atom. The van der Waals surface area contributed by atoms with E-state index < -0.39 is 8.32 Å². The molecule has 1 atom stereocenters. The van der Waals surface area contributed by atoms with Gasteiger partial charge in [0.25, 0.3) is 0 Å². The second kappa shape index (κ2) is 4.39. The SMILES string of the molecule is CC[Si](C)(C)OCC1CCCO1. The summed E-state index contributed by atoms with van der Waals surface area (Å²) in [7, 11) is -1.32. The Labute approximate surface area is 76.4 Å². The molecule has 1 heterocycles. The summed E-state index contributed by atoms with van der Waals surface area (Å²) in [6.45, 7) is 8.50. The van der Waals surface area contributed by atoms with E-state index in [1.54, 1.807) is 0 Å². The molecule has 0 bridgehead atoms. The topological polar surface area (TPSA) is 18.5 Å². The molecule has 0 amide bonds. The minimum absolute atomic E-state index is 0.392. The second-order valence-corrected chi connectivity index (χ2v) is 8.57. The molecule has 0 aromatic heterocycles. The van der Waals surface area contributed by atoms with Crippen molar-refractivity contribution in [1.82, 2.24) is 0 Å². The standard InChI is InChI=1S/C9H20O2Si/c1-4-12(2,3)11-8-9-6-5-7-10-9/h9H,4-8H2,1-3H3. The van der Waals surface area contributed by atoms with Gasteiger partial charge in [0.1, 0.15) is 0 Å². The number of hydrogen-bond donors (Lipinski definition) is 0. The van der Waals surface area contributed by atoms with E-state index in [2.05, 4.69) is 20.0 Å². The predicted molar refractivity (Wildman–Crippen MR) is 52.9 cm³/mol. The summed E-state index contributed by atoms with van der Waals surface area (Å²) in [4.78, 5) is 0. The van der Waals surface area contributed by atoms with Crippen LogP contribution in [0, 0.1) is 0 Å². The van der Waals surface area contributed by atoms with Gasteiger partial charge in [0.05, 0.1) is 12.7 Å². The van der Waals surface area contributed by atoms with E-state index in [0.717, 1.165) is 13.2 Å². The molecule has 72 valence electrons. The van der Waals surface area contributed by atoms with Crippen molar-refractivity contribution >= 4 is 8.32 Å². The zero-order valence-corrected chi connectivity index (χ0v) is 9.43. The molecule has 12 heavy (non-hydrogen) atoms. The maximum Gasteiger partial charge on any atom is 0.186 e. The molecule has 0 radical (unpaired) electrons. The summed E-state index contributed by atoms with van der Waals surface area (Å²) in [6, 6.07) is 1.19. The molecular formula is C9H20O2Si. The summed E-state index contributed by atoms with van der Waals surface area (Å²) in [5.41, 5.74) is 0. The fourth-order valence-corrected chi connectivity index (χ4v) is 2.04. The molecule has 1 rings (SSSR count). The van der Waals surface area contributed by atoms with Gasteiger partial charge in [-0.05, 0) is 32.0 Å². The molecule has 1 fully saturated rings. The summed E-state index contributed by atoms with van der Waals surface area (Å²) in [5, 5.41) is 0. The minimum Gasteiger partial charge on any atom is -0.415 e. The Balaban J connectivity index is 2.15. The minimum atomic E-state index is -1.32. The van der Waals surface area contributed by atoms with Crippen molar-refractivity contribution in [2.24, 2.45) is 0 Å². The fraction of sp³-hybridized carbons (Fsp3) is 1.00. The quantitative estimate of drug-likeness (QED) is 0.631. The summed E-state index contributed by atoms with van der Waals surface area (Å²) in [5.74, 6) is 0. The van der Waals surface area contributed by atoms with E-state index in [1.807, 2.05) is 0 Å². The van der Waals surface area contributed by atoms with Crippen molar-refractivity contribution in [3.63, 3.8) is 0 Å². The molecule has 2 nitrogen and oxygen atoms in total. The summed E-state index contributed by atoms with van der Waals surface area (Å²) >= 11 is 0. The van der Waals surface area contributed by atoms with Crippen molar-refractivity contribution < 1.29 is 9.16 Å². The average molecular weight is 188 g/mol. The van der Waals surface area contributed by atoms with Crippen LogP contribution in [0.5, 0.6) is 0 Å². The number of ether oxygens (including phenoxy) is 1. The first-order valence-corrected chi connectivity index (χ1v) is 8.01. The normalized spacial score (nSPS) is 24.8. The molecular weight excluding hydrogens is 168 g/mol. The largest absolute Gasteiger partial charge is 0.415 e. The van der Waals surface area contributed by atoms with Gasteiger partial charge in [-0.3, -0.25) is 0 Å². The Morgan fingerprint density at radius 3 is 2.75 bits per heavy atom. The lowest BCUT2D eigenvalue weighted by molar-refractivity contribution is 0.0649. The smallest absolute Gasteiger partial charge is 0.186 e. The zero-order valence-electron chi connectivity index (χ0n) is 8.43. The lowest BCUT2D eigenvalue weighted by atomic mass is 10.2. The van der Waals surface area contributed by atoms with Crippen LogP contribution in [0.1, 0.15) is 19.8 Å². The van der Waals surface area contributed by atoms with Crippen LogP contribution in [0.25, 0.3) is 0 Å². The summed E-state index contributed by atoms with van der Waals surface area (Å²) < 4.78 is 11.4. The van der Waals surface area contributed by atoms with Crippen LogP contribution in [0.3, 0.4) is 0 Å². The Kier molecular flexibility index (Phi) is 3.74. The van der Waals surface area contributed by atoms with E-state index in [0.29, 0.717) is 6.10 Å². The van der Waals surface area contributed by atoms with Gasteiger partial charge < -0.3 is 9.16 Å². The Morgan fingerprint density at radius 1 is 1.50 bits per heavy atom. The third kappa shape index (κ3) is 3.25. The first-order chi connectivity index (χ1) is 5.64. The summed E-state index contributed by atoms with van der Waals surface area (Å²) in [6.07, 6.45) is 2.79. The van der Waals surface area contributed by atoms with Gasteiger partial charge in [-0.2, -0.15) is 0 Å². The first kappa shape index (κ1) is 10.2. The number of hydrogen-bond acceptors (Lipinski definition) is 2. The molecule has 0 aliphatic carbocycles. The highest BCUT2D eigenvalue weighted by molar-refractivity contribution is 6.71. The van der Waals surface area contributed by atoms with Crippen molar-refractivity contribution in [2.75, 3.05) is 13.2 Å². The van der Waals surface area contributed by atoms with E-state index in [-0.39, 0.29) is 0 Å². The molecule has 1 aliphatic rings. The van der Waals surface area contributed by atoms with Crippen LogP contribution in [-0.4, -0.2) is 27.6 Å². The molecule has 0 N–H and O–H groups in total. The maximum absolute atomic E-state index is 5.88. The second-order valence-electron chi connectivity index (χ2n) is 4.06. The lowest BCUT2D eigenvalue weighted by Gasteiger charge is -2.22. The Bertz CT molecular complexity index is 130. The number of rotatable bonds is 4. The van der Waals surface area contributed by atoms with Crippen LogP contribution in [0.4, 0.5) is 0 Å². The van der Waals surface area contributed by atoms with E-state index in [9.17, 15) is 0 Å². The third-order valence-corrected chi connectivity index (χ3v) is 5.19. The highest BCUT2D eigenvalue weighted by Crippen LogP contribution is 2.16. The molecule has 3 heteroatoms.